The number of benzene rings is 1. The number of rotatable bonds is 3. The number of nitrogens with one attached hydrogen (secondary N) is 2. The number of nitrogens with zero attached hydrogens (tertiary/aromatic N) is 1. The zero-order valence-electron chi connectivity index (χ0n) is 11.2. The summed E-state index contributed by atoms with van der Waals surface area (Å²) in [7, 11) is 0. The number of hydrogen-bond acceptors (Lipinski definition) is 3. The Labute approximate surface area is 117 Å². The molecule has 1 aromatic carbocycles. The molecular weight excluding hydrogens is 252 g/mol. The van der Waals surface area contributed by atoms with Crippen LogP contribution in [-0.2, 0) is 0 Å². The predicted octanol–water partition coefficient (Wildman–Crippen LogP) is 1.69. The summed E-state index contributed by atoms with van der Waals surface area (Å²) < 4.78 is 0. The summed E-state index contributed by atoms with van der Waals surface area (Å²) in [5.74, 6) is -0.111. The van der Waals surface area contributed by atoms with E-state index >= 15 is 0 Å². The molecule has 2 atom stereocenters. The molecule has 1 fully saturated rings. The van der Waals surface area contributed by atoms with Gasteiger partial charge in [0.2, 0.25) is 0 Å². The summed E-state index contributed by atoms with van der Waals surface area (Å²) >= 11 is 0. The number of imidazole rings is 1. The Balaban J connectivity index is 1.78. The Hall–Kier alpha value is -2.14. The van der Waals surface area contributed by atoms with Gasteiger partial charge in [0.15, 0.2) is 0 Å². The van der Waals surface area contributed by atoms with Crippen LogP contribution in [0.25, 0.3) is 11.3 Å². The number of H-pyrrole nitrogens is 1. The molecule has 5 heteroatoms. The molecule has 0 unspecified atom stereocenters. The lowest BCUT2D eigenvalue weighted by molar-refractivity contribution is 0.0934. The molecule has 1 heterocycles. The van der Waals surface area contributed by atoms with Crippen LogP contribution in [-0.4, -0.2) is 28.0 Å². The van der Waals surface area contributed by atoms with Gasteiger partial charge in [0.05, 0.1) is 6.33 Å². The molecule has 4 N–H and O–H groups in total. The lowest BCUT2D eigenvalue weighted by Crippen LogP contribution is -2.34. The van der Waals surface area contributed by atoms with Crippen molar-refractivity contribution in [3.8, 4) is 11.3 Å². The molecule has 1 amide bonds. The zero-order chi connectivity index (χ0) is 13.9. The maximum Gasteiger partial charge on any atom is 0.270 e. The zero-order valence-corrected chi connectivity index (χ0v) is 11.2. The van der Waals surface area contributed by atoms with E-state index in [-0.39, 0.29) is 18.0 Å². The summed E-state index contributed by atoms with van der Waals surface area (Å²) in [5, 5.41) is 3.03. The van der Waals surface area contributed by atoms with Gasteiger partial charge in [0.1, 0.15) is 11.4 Å². The van der Waals surface area contributed by atoms with Gasteiger partial charge in [-0.25, -0.2) is 4.98 Å². The summed E-state index contributed by atoms with van der Waals surface area (Å²) in [6.07, 6.45) is 4.32. The van der Waals surface area contributed by atoms with Crippen molar-refractivity contribution in [1.82, 2.24) is 15.3 Å². The molecule has 2 aromatic rings. The normalized spacial score (nSPS) is 21.9. The van der Waals surface area contributed by atoms with Gasteiger partial charge < -0.3 is 16.0 Å². The first-order valence-electron chi connectivity index (χ1n) is 6.89. The second-order valence-corrected chi connectivity index (χ2v) is 5.24. The highest BCUT2D eigenvalue weighted by Gasteiger charge is 2.25. The molecule has 1 saturated carbocycles. The average molecular weight is 270 g/mol. The Morgan fingerprint density at radius 3 is 2.80 bits per heavy atom. The van der Waals surface area contributed by atoms with Crippen LogP contribution in [0.5, 0.6) is 0 Å². The minimum atomic E-state index is -0.111. The first kappa shape index (κ1) is 12.9. The van der Waals surface area contributed by atoms with Crippen molar-refractivity contribution in [2.24, 2.45) is 5.73 Å². The quantitative estimate of drug-likeness (QED) is 0.793. The van der Waals surface area contributed by atoms with Crippen LogP contribution in [0.15, 0.2) is 36.7 Å². The first-order chi connectivity index (χ1) is 9.74. The maximum atomic E-state index is 12.3. The topological polar surface area (TPSA) is 83.8 Å². The van der Waals surface area contributed by atoms with Crippen molar-refractivity contribution in [2.45, 2.75) is 31.3 Å². The molecular formula is C15H18N4O. The lowest BCUT2D eigenvalue weighted by atomic mass is 10.1. The number of amides is 1. The van der Waals surface area contributed by atoms with E-state index in [9.17, 15) is 4.79 Å². The lowest BCUT2D eigenvalue weighted by Gasteiger charge is -2.12. The fraction of sp³-hybridized carbons (Fsp3) is 0.333. The van der Waals surface area contributed by atoms with E-state index in [4.69, 9.17) is 5.73 Å². The molecule has 0 radical (unpaired) electrons. The van der Waals surface area contributed by atoms with Gasteiger partial charge in [-0.3, -0.25) is 4.79 Å². The third-order valence-electron chi connectivity index (χ3n) is 3.72. The minimum absolute atomic E-state index is 0.111. The SMILES string of the molecule is N[C@@H]1CC[C@@H](NC(=O)c2[nH]cnc2-c2ccccc2)C1. The molecule has 104 valence electrons. The van der Waals surface area contributed by atoms with Crippen molar-refractivity contribution in [2.75, 3.05) is 0 Å². The van der Waals surface area contributed by atoms with Crippen LogP contribution in [0.3, 0.4) is 0 Å². The summed E-state index contributed by atoms with van der Waals surface area (Å²) in [6, 6.07) is 10.1. The van der Waals surface area contributed by atoms with Gasteiger partial charge in [-0.05, 0) is 19.3 Å². The standard InChI is InChI=1S/C15H18N4O/c16-11-6-7-12(8-11)19-15(20)14-13(17-9-18-14)10-4-2-1-3-5-10/h1-5,9,11-12H,6-8,16H2,(H,17,18)(H,19,20)/t11-,12-/m1/s1. The van der Waals surface area contributed by atoms with Crippen molar-refractivity contribution >= 4 is 5.91 Å². The van der Waals surface area contributed by atoms with Gasteiger partial charge in [-0.1, -0.05) is 30.3 Å². The molecule has 0 aliphatic heterocycles. The second-order valence-electron chi connectivity index (χ2n) is 5.24. The van der Waals surface area contributed by atoms with E-state index < -0.39 is 0 Å². The first-order valence-corrected chi connectivity index (χ1v) is 6.89. The monoisotopic (exact) mass is 270 g/mol. The highest BCUT2D eigenvalue weighted by molar-refractivity contribution is 5.98. The molecule has 0 saturated heterocycles. The van der Waals surface area contributed by atoms with Gasteiger partial charge >= 0.3 is 0 Å². The number of carbonyl (C=O) groups is 1. The van der Waals surface area contributed by atoms with Crippen LogP contribution in [0.4, 0.5) is 0 Å². The largest absolute Gasteiger partial charge is 0.348 e. The van der Waals surface area contributed by atoms with E-state index in [1.807, 2.05) is 30.3 Å². The smallest absolute Gasteiger partial charge is 0.270 e. The molecule has 1 aromatic heterocycles. The van der Waals surface area contributed by atoms with Crippen LogP contribution in [0, 0.1) is 0 Å². The Morgan fingerprint density at radius 2 is 2.10 bits per heavy atom. The van der Waals surface area contributed by atoms with Crippen LogP contribution >= 0.6 is 0 Å². The Morgan fingerprint density at radius 1 is 1.30 bits per heavy atom. The van der Waals surface area contributed by atoms with Crippen molar-refractivity contribution < 1.29 is 4.79 Å². The number of hydrogen-bond donors (Lipinski definition) is 3. The van der Waals surface area contributed by atoms with Gasteiger partial charge in [-0.15, -0.1) is 0 Å². The van der Waals surface area contributed by atoms with Crippen molar-refractivity contribution in [3.05, 3.63) is 42.4 Å². The third-order valence-corrected chi connectivity index (χ3v) is 3.72. The fourth-order valence-corrected chi connectivity index (χ4v) is 2.69. The molecule has 0 bridgehead atoms. The number of aromatic nitrogens is 2. The number of aromatic amines is 1. The van der Waals surface area contributed by atoms with Crippen LogP contribution in [0.2, 0.25) is 0 Å². The second kappa shape index (κ2) is 5.46. The predicted molar refractivity (Wildman–Crippen MR) is 77.1 cm³/mol. The molecule has 20 heavy (non-hydrogen) atoms. The summed E-state index contributed by atoms with van der Waals surface area (Å²) in [4.78, 5) is 19.5. The molecule has 1 aliphatic rings. The van der Waals surface area contributed by atoms with Crippen LogP contribution < -0.4 is 11.1 Å². The van der Waals surface area contributed by atoms with E-state index in [0.29, 0.717) is 11.4 Å². The highest BCUT2D eigenvalue weighted by atomic mass is 16.2. The minimum Gasteiger partial charge on any atom is -0.348 e. The van der Waals surface area contributed by atoms with E-state index in [1.165, 1.54) is 0 Å². The summed E-state index contributed by atoms with van der Waals surface area (Å²) in [5.41, 5.74) is 8.00. The average Bonchev–Trinajstić information content (AvgIpc) is 3.09. The maximum absolute atomic E-state index is 12.3. The van der Waals surface area contributed by atoms with Gasteiger partial charge in [0, 0.05) is 17.6 Å². The van der Waals surface area contributed by atoms with E-state index in [2.05, 4.69) is 15.3 Å². The van der Waals surface area contributed by atoms with Crippen LogP contribution in [0.1, 0.15) is 29.8 Å². The van der Waals surface area contributed by atoms with Gasteiger partial charge in [-0.2, -0.15) is 0 Å². The Bertz CT molecular complexity index is 593. The number of carbonyl (C=O) groups excluding carboxylic acids is 1. The molecule has 3 rings (SSSR count). The van der Waals surface area contributed by atoms with E-state index in [1.54, 1.807) is 6.33 Å². The van der Waals surface area contributed by atoms with Crippen molar-refractivity contribution in [3.63, 3.8) is 0 Å². The molecule has 0 spiro atoms. The highest BCUT2D eigenvalue weighted by Crippen LogP contribution is 2.21. The molecule has 1 aliphatic carbocycles. The Kier molecular flexibility index (Phi) is 3.52. The summed E-state index contributed by atoms with van der Waals surface area (Å²) in [6.45, 7) is 0. The van der Waals surface area contributed by atoms with Gasteiger partial charge in [0.25, 0.3) is 5.91 Å². The fourth-order valence-electron chi connectivity index (χ4n) is 2.69. The van der Waals surface area contributed by atoms with Crippen molar-refractivity contribution in [1.29, 1.82) is 0 Å². The third kappa shape index (κ3) is 2.58. The molecule has 5 nitrogen and oxygen atoms in total. The van der Waals surface area contributed by atoms with E-state index in [0.717, 1.165) is 24.8 Å². The number of nitrogens with two attached hydrogens (primary N) is 1.